The van der Waals surface area contributed by atoms with E-state index < -0.39 is 0 Å². The summed E-state index contributed by atoms with van der Waals surface area (Å²) in [5.74, 6) is 0. The van der Waals surface area contributed by atoms with Crippen molar-refractivity contribution in [3.63, 3.8) is 0 Å². The fraction of sp³-hybridized carbons (Fsp3) is 0.0714. The number of nitrogens with zero attached hydrogens (tertiary/aromatic N) is 3. The molecular weight excluding hydrogens is 378 g/mol. The van der Waals surface area contributed by atoms with E-state index in [1.807, 2.05) is 36.4 Å². The van der Waals surface area contributed by atoms with Crippen LogP contribution in [-0.2, 0) is 0 Å². The molecule has 2 heterocycles. The van der Waals surface area contributed by atoms with Gasteiger partial charge in [-0.05, 0) is 72.5 Å². The highest BCUT2D eigenvalue weighted by atomic mass is 14.9. The Bertz CT molecular complexity index is 1650. The second kappa shape index (κ2) is 6.08. The van der Waals surface area contributed by atoms with Crippen molar-refractivity contribution in [2.75, 3.05) is 0 Å². The summed E-state index contributed by atoms with van der Waals surface area (Å²) in [7, 11) is 0. The number of aryl methyl sites for hydroxylation is 2. The molecule has 0 saturated carbocycles. The van der Waals surface area contributed by atoms with Crippen molar-refractivity contribution in [3.05, 3.63) is 89.0 Å². The smallest absolute Gasteiger partial charge is 0.0992 e. The van der Waals surface area contributed by atoms with Crippen LogP contribution in [0.3, 0.4) is 0 Å². The summed E-state index contributed by atoms with van der Waals surface area (Å²) in [6, 6.07) is 27.2. The van der Waals surface area contributed by atoms with Crippen molar-refractivity contribution >= 4 is 38.1 Å². The van der Waals surface area contributed by atoms with Gasteiger partial charge in [0, 0.05) is 21.5 Å². The quantitative estimate of drug-likeness (QED) is 0.305. The maximum Gasteiger partial charge on any atom is 0.0992 e. The molecule has 4 aromatic carbocycles. The van der Waals surface area contributed by atoms with Crippen LogP contribution in [0.2, 0.25) is 0 Å². The van der Waals surface area contributed by atoms with Gasteiger partial charge in [0.25, 0.3) is 0 Å². The molecule has 0 radical (unpaired) electrons. The molecule has 0 aliphatic rings. The molecule has 0 saturated heterocycles. The highest BCUT2D eigenvalue weighted by Crippen LogP contribution is 2.42. The van der Waals surface area contributed by atoms with Gasteiger partial charge in [0.2, 0.25) is 0 Å². The van der Waals surface area contributed by atoms with Crippen molar-refractivity contribution in [2.24, 2.45) is 0 Å². The lowest BCUT2D eigenvalue weighted by Crippen LogP contribution is -1.88. The lowest BCUT2D eigenvalue weighted by Gasteiger charge is -2.11. The Morgan fingerprint density at radius 1 is 0.645 bits per heavy atom. The maximum atomic E-state index is 9.48. The number of benzene rings is 4. The largest absolute Gasteiger partial charge is 0.308 e. The van der Waals surface area contributed by atoms with E-state index >= 15 is 0 Å². The number of fused-ring (bicyclic) bond motifs is 6. The first-order valence-electron chi connectivity index (χ1n) is 10.2. The zero-order valence-electron chi connectivity index (χ0n) is 17.2. The molecular formula is C28H17N3. The second-order valence-corrected chi connectivity index (χ2v) is 8.21. The molecule has 0 unspecified atom stereocenters. The number of hydrogen-bond acceptors (Lipinski definition) is 2. The fourth-order valence-corrected chi connectivity index (χ4v) is 5.10. The topological polar surface area (TPSA) is 52.0 Å². The Kier molecular flexibility index (Phi) is 3.43. The predicted octanol–water partition coefficient (Wildman–Crippen LogP) is 6.86. The fourth-order valence-electron chi connectivity index (χ4n) is 5.10. The van der Waals surface area contributed by atoms with Crippen molar-refractivity contribution < 1.29 is 0 Å². The van der Waals surface area contributed by atoms with E-state index in [2.05, 4.69) is 60.7 Å². The Hall–Kier alpha value is -4.34. The summed E-state index contributed by atoms with van der Waals surface area (Å²) >= 11 is 0. The Labute approximate surface area is 179 Å². The first-order chi connectivity index (χ1) is 15.1. The van der Waals surface area contributed by atoms with E-state index in [1.54, 1.807) is 0 Å². The summed E-state index contributed by atoms with van der Waals surface area (Å²) in [6.45, 7) is 4.31. The summed E-state index contributed by atoms with van der Waals surface area (Å²) < 4.78 is 2.21. The number of nitriles is 2. The average Bonchev–Trinajstić information content (AvgIpc) is 3.29. The standard InChI is InChI=1S/C28H17N3/c1-16-4-3-5-17(2)27(16)20-12-23-21-8-6-18(14-29)10-25(21)31-26-11-19(15-30)7-9-22(26)24(13-20)28(23)31/h3-13H,1-2H3. The van der Waals surface area contributed by atoms with Crippen LogP contribution in [0.4, 0.5) is 0 Å². The summed E-state index contributed by atoms with van der Waals surface area (Å²) in [5.41, 5.74) is 9.37. The molecule has 3 heteroatoms. The van der Waals surface area contributed by atoms with Crippen LogP contribution in [-0.4, -0.2) is 4.40 Å². The highest BCUT2D eigenvalue weighted by molar-refractivity contribution is 6.24. The summed E-state index contributed by atoms with van der Waals surface area (Å²) in [5, 5.41) is 23.5. The zero-order valence-corrected chi connectivity index (χ0v) is 17.2. The SMILES string of the molecule is Cc1cccc(C)c1-c1cc2c3ccc(C#N)cc3n3c4cc(C#N)ccc4c(c1)c23. The molecule has 0 amide bonds. The van der Waals surface area contributed by atoms with Crippen molar-refractivity contribution in [3.8, 4) is 23.3 Å². The van der Waals surface area contributed by atoms with Gasteiger partial charge >= 0.3 is 0 Å². The molecule has 3 nitrogen and oxygen atoms in total. The highest BCUT2D eigenvalue weighted by Gasteiger charge is 2.20. The third kappa shape index (κ3) is 2.26. The molecule has 2 aromatic heterocycles. The van der Waals surface area contributed by atoms with Crippen molar-refractivity contribution in [2.45, 2.75) is 13.8 Å². The molecule has 6 rings (SSSR count). The van der Waals surface area contributed by atoms with Gasteiger partial charge in [-0.2, -0.15) is 10.5 Å². The molecule has 0 fully saturated rings. The van der Waals surface area contributed by atoms with Gasteiger partial charge in [-0.3, -0.25) is 0 Å². The molecule has 0 atom stereocenters. The van der Waals surface area contributed by atoms with Gasteiger partial charge in [0.1, 0.15) is 0 Å². The van der Waals surface area contributed by atoms with Crippen LogP contribution in [0.5, 0.6) is 0 Å². The molecule has 6 aromatic rings. The average molecular weight is 395 g/mol. The first-order valence-corrected chi connectivity index (χ1v) is 10.2. The van der Waals surface area contributed by atoms with Crippen LogP contribution < -0.4 is 0 Å². The van der Waals surface area contributed by atoms with Gasteiger partial charge < -0.3 is 4.40 Å². The molecule has 0 N–H and O–H groups in total. The normalized spacial score (nSPS) is 11.5. The van der Waals surface area contributed by atoms with E-state index in [1.165, 1.54) is 33.0 Å². The second-order valence-electron chi connectivity index (χ2n) is 8.21. The van der Waals surface area contributed by atoms with E-state index in [4.69, 9.17) is 0 Å². The molecule has 31 heavy (non-hydrogen) atoms. The number of hydrogen-bond donors (Lipinski definition) is 0. The minimum Gasteiger partial charge on any atom is -0.308 e. The van der Waals surface area contributed by atoms with Crippen LogP contribution in [0, 0.1) is 36.5 Å². The summed E-state index contributed by atoms with van der Waals surface area (Å²) in [4.78, 5) is 0. The van der Waals surface area contributed by atoms with Crippen molar-refractivity contribution in [1.29, 1.82) is 10.5 Å². The van der Waals surface area contributed by atoms with Gasteiger partial charge in [0.05, 0.1) is 39.8 Å². The zero-order chi connectivity index (χ0) is 21.3. The predicted molar refractivity (Wildman–Crippen MR) is 125 cm³/mol. The third-order valence-electron chi connectivity index (χ3n) is 6.42. The van der Waals surface area contributed by atoms with Gasteiger partial charge in [0.15, 0.2) is 0 Å². The molecule has 0 aliphatic carbocycles. The van der Waals surface area contributed by atoms with Gasteiger partial charge in [-0.25, -0.2) is 0 Å². The molecule has 0 aliphatic heterocycles. The minimum atomic E-state index is 0.632. The lowest BCUT2D eigenvalue weighted by molar-refractivity contribution is 1.36. The number of aromatic nitrogens is 1. The third-order valence-corrected chi connectivity index (χ3v) is 6.42. The summed E-state index contributed by atoms with van der Waals surface area (Å²) in [6.07, 6.45) is 0. The maximum absolute atomic E-state index is 9.48. The monoisotopic (exact) mass is 395 g/mol. The molecule has 144 valence electrons. The Balaban J connectivity index is 1.88. The Morgan fingerprint density at radius 2 is 1.16 bits per heavy atom. The number of rotatable bonds is 1. The molecule has 0 bridgehead atoms. The lowest BCUT2D eigenvalue weighted by atomic mass is 9.93. The van der Waals surface area contributed by atoms with Crippen LogP contribution in [0.25, 0.3) is 49.2 Å². The van der Waals surface area contributed by atoms with Crippen LogP contribution in [0.1, 0.15) is 22.3 Å². The van der Waals surface area contributed by atoms with E-state index in [9.17, 15) is 10.5 Å². The van der Waals surface area contributed by atoms with Gasteiger partial charge in [-0.1, -0.05) is 30.3 Å². The van der Waals surface area contributed by atoms with Crippen molar-refractivity contribution in [1.82, 2.24) is 4.40 Å². The Morgan fingerprint density at radius 3 is 1.65 bits per heavy atom. The van der Waals surface area contributed by atoms with E-state index in [0.29, 0.717) is 11.1 Å². The minimum absolute atomic E-state index is 0.632. The van der Waals surface area contributed by atoms with E-state index in [0.717, 1.165) is 27.3 Å². The van der Waals surface area contributed by atoms with Gasteiger partial charge in [-0.15, -0.1) is 0 Å². The van der Waals surface area contributed by atoms with Crippen LogP contribution in [0.15, 0.2) is 66.7 Å². The molecule has 0 spiro atoms. The van der Waals surface area contributed by atoms with E-state index in [-0.39, 0.29) is 0 Å². The van der Waals surface area contributed by atoms with Crippen LogP contribution >= 0.6 is 0 Å². The first kappa shape index (κ1) is 17.5.